The van der Waals surface area contributed by atoms with E-state index in [1.54, 1.807) is 4.90 Å². The molecule has 9 heteroatoms. The fourth-order valence-corrected chi connectivity index (χ4v) is 5.50. The number of halogens is 1. The van der Waals surface area contributed by atoms with Gasteiger partial charge >= 0.3 is 12.1 Å². The average molecular weight is 590 g/mol. The Morgan fingerprint density at radius 1 is 1.07 bits per heavy atom. The molecule has 220 valence electrons. The summed E-state index contributed by atoms with van der Waals surface area (Å²) in [5, 5.41) is 1.58. The number of carbonyl (C=O) groups excluding carboxylic acids is 2. The van der Waals surface area contributed by atoms with E-state index in [-0.39, 0.29) is 24.5 Å². The maximum atomic E-state index is 12.8. The van der Waals surface area contributed by atoms with Gasteiger partial charge in [-0.3, -0.25) is 9.69 Å². The Labute approximate surface area is 251 Å². The molecular formula is C33H36ClN3O5. The van der Waals surface area contributed by atoms with Crippen LogP contribution in [0.4, 0.5) is 10.6 Å². The van der Waals surface area contributed by atoms with E-state index in [0.717, 1.165) is 46.3 Å². The molecule has 1 aliphatic heterocycles. The van der Waals surface area contributed by atoms with E-state index < -0.39 is 5.60 Å². The first-order valence-electron chi connectivity index (χ1n) is 14.2. The standard InChI is InChI=1S/C33H36ClN3O5/c1-33(2,3)42-32(39)37-17-7-8-22-11-12-24(35-31(22)37)16-19-41-25-13-14-28-23(20-25)15-18-36(28)29(21-30(38)40-4)26-9-5-6-10-27(26)34/h5-6,9-15,18,20,29H,7-8,16-17,19,21H2,1-4H3. The second kappa shape index (κ2) is 12.4. The number of hydrogen-bond acceptors (Lipinski definition) is 6. The minimum Gasteiger partial charge on any atom is -0.493 e. The Bertz CT molecular complexity index is 1590. The highest BCUT2D eigenvalue weighted by molar-refractivity contribution is 6.31. The van der Waals surface area contributed by atoms with Crippen molar-refractivity contribution in [1.82, 2.24) is 9.55 Å². The Morgan fingerprint density at radius 2 is 1.88 bits per heavy atom. The molecule has 1 amide bonds. The predicted octanol–water partition coefficient (Wildman–Crippen LogP) is 7.15. The van der Waals surface area contributed by atoms with Gasteiger partial charge in [0.2, 0.25) is 0 Å². The number of pyridine rings is 1. The van der Waals surface area contributed by atoms with Crippen LogP contribution < -0.4 is 9.64 Å². The number of rotatable bonds is 8. The van der Waals surface area contributed by atoms with E-state index in [4.69, 9.17) is 30.8 Å². The molecule has 3 heterocycles. The number of hydrogen-bond donors (Lipinski definition) is 0. The average Bonchev–Trinajstić information content (AvgIpc) is 3.38. The van der Waals surface area contributed by atoms with Gasteiger partial charge in [-0.05, 0) is 81.1 Å². The molecule has 8 nitrogen and oxygen atoms in total. The van der Waals surface area contributed by atoms with Gasteiger partial charge in [-0.2, -0.15) is 0 Å². The zero-order valence-electron chi connectivity index (χ0n) is 24.4. The van der Waals surface area contributed by atoms with E-state index in [0.29, 0.717) is 30.4 Å². The van der Waals surface area contributed by atoms with Crippen LogP contribution in [0.1, 0.15) is 56.5 Å². The first kappa shape index (κ1) is 29.5. The van der Waals surface area contributed by atoms with Crippen LogP contribution in [0.5, 0.6) is 5.75 Å². The molecule has 0 aliphatic carbocycles. The molecule has 1 unspecified atom stereocenters. The van der Waals surface area contributed by atoms with Gasteiger partial charge in [0.15, 0.2) is 0 Å². The summed E-state index contributed by atoms with van der Waals surface area (Å²) < 4.78 is 18.7. The van der Waals surface area contributed by atoms with E-state index in [1.807, 2.05) is 92.2 Å². The van der Waals surface area contributed by atoms with Crippen molar-refractivity contribution >= 4 is 40.4 Å². The van der Waals surface area contributed by atoms with Crippen molar-refractivity contribution in [2.75, 3.05) is 25.2 Å². The molecule has 1 aliphatic rings. The van der Waals surface area contributed by atoms with Crippen LogP contribution in [-0.4, -0.2) is 47.5 Å². The smallest absolute Gasteiger partial charge is 0.416 e. The van der Waals surface area contributed by atoms with Gasteiger partial charge < -0.3 is 18.8 Å². The van der Waals surface area contributed by atoms with Crippen LogP contribution in [-0.2, 0) is 27.1 Å². The van der Waals surface area contributed by atoms with Crippen molar-refractivity contribution in [3.05, 3.63) is 88.7 Å². The van der Waals surface area contributed by atoms with Crippen LogP contribution in [0.3, 0.4) is 0 Å². The molecule has 2 aromatic carbocycles. The van der Waals surface area contributed by atoms with Gasteiger partial charge in [0.05, 0.1) is 26.2 Å². The first-order valence-corrected chi connectivity index (χ1v) is 14.5. The van der Waals surface area contributed by atoms with Gasteiger partial charge in [0.1, 0.15) is 17.2 Å². The lowest BCUT2D eigenvalue weighted by Crippen LogP contribution is -2.40. The minimum absolute atomic E-state index is 0.154. The molecular weight excluding hydrogens is 554 g/mol. The van der Waals surface area contributed by atoms with Gasteiger partial charge in [0.25, 0.3) is 0 Å². The number of benzene rings is 2. The third-order valence-corrected chi connectivity index (χ3v) is 7.56. The monoisotopic (exact) mass is 589 g/mol. The molecule has 42 heavy (non-hydrogen) atoms. The van der Waals surface area contributed by atoms with Crippen molar-refractivity contribution in [2.45, 2.75) is 58.1 Å². The molecule has 0 bridgehead atoms. The van der Waals surface area contributed by atoms with E-state index in [9.17, 15) is 9.59 Å². The summed E-state index contributed by atoms with van der Waals surface area (Å²) in [5.41, 5.74) is 3.13. The van der Waals surface area contributed by atoms with Crippen LogP contribution >= 0.6 is 11.6 Å². The lowest BCUT2D eigenvalue weighted by Gasteiger charge is -2.31. The third kappa shape index (κ3) is 6.71. The summed E-state index contributed by atoms with van der Waals surface area (Å²) in [7, 11) is 1.39. The third-order valence-electron chi connectivity index (χ3n) is 7.22. The topological polar surface area (TPSA) is 82.9 Å². The molecule has 1 atom stereocenters. The maximum Gasteiger partial charge on any atom is 0.416 e. The lowest BCUT2D eigenvalue weighted by molar-refractivity contribution is -0.141. The molecule has 0 radical (unpaired) electrons. The Morgan fingerprint density at radius 3 is 2.64 bits per heavy atom. The second-order valence-corrected chi connectivity index (χ2v) is 11.8. The SMILES string of the molecule is COC(=O)CC(c1ccccc1Cl)n1ccc2cc(OCCc3ccc4c(n3)N(C(=O)OC(C)(C)C)CCC4)ccc21. The van der Waals surface area contributed by atoms with Gasteiger partial charge in [-0.1, -0.05) is 35.9 Å². The van der Waals surface area contributed by atoms with E-state index >= 15 is 0 Å². The van der Waals surface area contributed by atoms with Crippen LogP contribution in [0.2, 0.25) is 5.02 Å². The van der Waals surface area contributed by atoms with Crippen LogP contribution in [0.25, 0.3) is 10.9 Å². The highest BCUT2D eigenvalue weighted by Gasteiger charge is 2.28. The Hall–Kier alpha value is -4.04. The molecule has 4 aromatic rings. The quantitative estimate of drug-likeness (QED) is 0.203. The van der Waals surface area contributed by atoms with Crippen molar-refractivity contribution in [2.24, 2.45) is 0 Å². The number of aromatic nitrogens is 2. The number of methoxy groups -OCH3 is 1. The summed E-state index contributed by atoms with van der Waals surface area (Å²) in [6.07, 6.45) is 4.09. The minimum atomic E-state index is -0.570. The van der Waals surface area contributed by atoms with Gasteiger partial charge in [-0.25, -0.2) is 9.78 Å². The highest BCUT2D eigenvalue weighted by Crippen LogP contribution is 2.33. The zero-order valence-corrected chi connectivity index (χ0v) is 25.2. The fraction of sp³-hybridized carbons (Fsp3) is 0.364. The summed E-state index contributed by atoms with van der Waals surface area (Å²) in [4.78, 5) is 31.5. The Kier molecular flexibility index (Phi) is 8.73. The normalized spacial score (nSPS) is 13.9. The summed E-state index contributed by atoms with van der Waals surface area (Å²) in [6, 6.07) is 19.2. The number of anilines is 1. The van der Waals surface area contributed by atoms with E-state index in [1.165, 1.54) is 7.11 Å². The largest absolute Gasteiger partial charge is 0.493 e. The van der Waals surface area contributed by atoms with Gasteiger partial charge in [0, 0.05) is 40.8 Å². The number of esters is 1. The Balaban J connectivity index is 1.29. The summed E-state index contributed by atoms with van der Waals surface area (Å²) in [6.45, 7) is 6.61. The molecule has 0 N–H and O–H groups in total. The fourth-order valence-electron chi connectivity index (χ4n) is 5.23. The number of nitrogens with zero attached hydrogens (tertiary/aromatic N) is 3. The highest BCUT2D eigenvalue weighted by atomic mass is 35.5. The molecule has 0 saturated heterocycles. The van der Waals surface area contributed by atoms with Crippen molar-refractivity contribution in [1.29, 1.82) is 0 Å². The first-order chi connectivity index (χ1) is 20.1. The van der Waals surface area contributed by atoms with Gasteiger partial charge in [-0.15, -0.1) is 0 Å². The van der Waals surface area contributed by atoms with Crippen LogP contribution in [0.15, 0.2) is 66.9 Å². The maximum absolute atomic E-state index is 12.8. The predicted molar refractivity (Wildman–Crippen MR) is 163 cm³/mol. The van der Waals surface area contributed by atoms with Crippen molar-refractivity contribution < 1.29 is 23.8 Å². The molecule has 0 spiro atoms. The number of aryl methyl sites for hydroxylation is 1. The lowest BCUT2D eigenvalue weighted by atomic mass is 10.0. The van der Waals surface area contributed by atoms with Crippen molar-refractivity contribution in [3.63, 3.8) is 0 Å². The molecule has 2 aromatic heterocycles. The molecule has 0 fully saturated rings. The second-order valence-electron chi connectivity index (χ2n) is 11.4. The number of amides is 1. The number of fused-ring (bicyclic) bond motifs is 2. The van der Waals surface area contributed by atoms with Crippen LogP contribution in [0, 0.1) is 0 Å². The zero-order chi connectivity index (χ0) is 29.9. The van der Waals surface area contributed by atoms with Crippen molar-refractivity contribution in [3.8, 4) is 5.75 Å². The molecule has 0 saturated carbocycles. The molecule has 5 rings (SSSR count). The summed E-state index contributed by atoms with van der Waals surface area (Å²) >= 11 is 6.52. The number of ether oxygens (including phenoxy) is 3. The summed E-state index contributed by atoms with van der Waals surface area (Å²) in [5.74, 6) is 1.10. The van der Waals surface area contributed by atoms with E-state index in [2.05, 4.69) is 0 Å². The number of carbonyl (C=O) groups is 2.